The van der Waals surface area contributed by atoms with Crippen molar-refractivity contribution in [3.05, 3.63) is 44.1 Å². The highest BCUT2D eigenvalue weighted by Gasteiger charge is 2.10. The van der Waals surface area contributed by atoms with E-state index in [0.717, 1.165) is 6.42 Å². The number of nitrogens with zero attached hydrogens (tertiary/aromatic N) is 1. The van der Waals surface area contributed by atoms with Gasteiger partial charge in [-0.1, -0.05) is 31.5 Å². The Kier molecular flexibility index (Phi) is 3.57. The van der Waals surface area contributed by atoms with Gasteiger partial charge in [0.25, 0.3) is 5.56 Å². The number of hydrogen-bond donors (Lipinski definition) is 1. The number of rotatable bonds is 3. The lowest BCUT2D eigenvalue weighted by Crippen LogP contribution is -2.35. The van der Waals surface area contributed by atoms with Crippen molar-refractivity contribution in [2.75, 3.05) is 0 Å². The average molecular weight is 267 g/mol. The Bertz CT molecular complexity index is 685. The van der Waals surface area contributed by atoms with Crippen molar-refractivity contribution in [1.29, 1.82) is 0 Å². The molecule has 0 aliphatic carbocycles. The smallest absolute Gasteiger partial charge is 0.307 e. The Morgan fingerprint density at radius 3 is 2.72 bits per heavy atom. The monoisotopic (exact) mass is 266 g/mol. The number of aromatic amines is 1. The molecule has 96 valence electrons. The van der Waals surface area contributed by atoms with Crippen molar-refractivity contribution in [3.8, 4) is 0 Å². The predicted molar refractivity (Wildman–Crippen MR) is 73.3 cm³/mol. The van der Waals surface area contributed by atoms with Crippen LogP contribution in [0.15, 0.2) is 27.8 Å². The number of aromatic nitrogens is 2. The Labute approximate surface area is 109 Å². The van der Waals surface area contributed by atoms with Gasteiger partial charge in [0.05, 0.1) is 15.9 Å². The summed E-state index contributed by atoms with van der Waals surface area (Å²) in [5.74, 6) is 0.429. The summed E-state index contributed by atoms with van der Waals surface area (Å²) in [6, 6.07) is 5.03. The molecule has 2 aromatic rings. The highest BCUT2D eigenvalue weighted by molar-refractivity contribution is 6.35. The molecule has 0 saturated carbocycles. The zero-order chi connectivity index (χ0) is 13.3. The quantitative estimate of drug-likeness (QED) is 0.927. The predicted octanol–water partition coefficient (Wildman–Crippen LogP) is 2.39. The third-order valence-corrected chi connectivity index (χ3v) is 3.20. The molecule has 18 heavy (non-hydrogen) atoms. The van der Waals surface area contributed by atoms with Crippen LogP contribution in [0.1, 0.15) is 20.3 Å². The molecule has 1 N–H and O–H groups in total. The fraction of sp³-hybridized carbons (Fsp3) is 0.385. The minimum absolute atomic E-state index is 0.319. The van der Waals surface area contributed by atoms with Crippen LogP contribution in [0.5, 0.6) is 0 Å². The zero-order valence-corrected chi connectivity index (χ0v) is 11.1. The molecule has 0 aliphatic rings. The van der Waals surface area contributed by atoms with Gasteiger partial charge in [-0.15, -0.1) is 0 Å². The molecule has 1 heterocycles. The van der Waals surface area contributed by atoms with Crippen molar-refractivity contribution >= 4 is 22.5 Å². The average Bonchev–Trinajstić information content (AvgIpc) is 2.27. The Morgan fingerprint density at radius 2 is 2.06 bits per heavy atom. The lowest BCUT2D eigenvalue weighted by atomic mass is 10.1. The van der Waals surface area contributed by atoms with Crippen molar-refractivity contribution < 1.29 is 0 Å². The molecule has 5 heteroatoms. The van der Waals surface area contributed by atoms with Crippen LogP contribution in [-0.4, -0.2) is 9.55 Å². The highest BCUT2D eigenvalue weighted by Crippen LogP contribution is 2.16. The Balaban J connectivity index is 2.65. The van der Waals surface area contributed by atoms with E-state index in [1.165, 1.54) is 4.57 Å². The standard InChI is InChI=1S/C13H15ClN2O2/c1-8(2)6-7-16-12(17)11-9(14)4-3-5-10(11)15-13(16)18/h3-5,8H,6-7H2,1-2H3,(H,15,18). The van der Waals surface area contributed by atoms with Gasteiger partial charge in [-0.2, -0.15) is 0 Å². The maximum Gasteiger partial charge on any atom is 0.328 e. The molecule has 2 rings (SSSR count). The molecular weight excluding hydrogens is 252 g/mol. The van der Waals surface area contributed by atoms with Crippen LogP contribution in [0.4, 0.5) is 0 Å². The second-order valence-corrected chi connectivity index (χ2v) is 5.14. The molecule has 4 nitrogen and oxygen atoms in total. The van der Waals surface area contributed by atoms with Gasteiger partial charge in [0.15, 0.2) is 0 Å². The second kappa shape index (κ2) is 4.98. The first-order valence-corrected chi connectivity index (χ1v) is 6.30. The fourth-order valence-electron chi connectivity index (χ4n) is 1.85. The SMILES string of the molecule is CC(C)CCn1c(=O)[nH]c2cccc(Cl)c2c1=O. The molecule has 0 amide bonds. The van der Waals surface area contributed by atoms with E-state index >= 15 is 0 Å². The van der Waals surface area contributed by atoms with E-state index in [2.05, 4.69) is 4.98 Å². The van der Waals surface area contributed by atoms with Crippen LogP contribution < -0.4 is 11.2 Å². The first-order valence-electron chi connectivity index (χ1n) is 5.92. The summed E-state index contributed by atoms with van der Waals surface area (Å²) in [7, 11) is 0. The lowest BCUT2D eigenvalue weighted by molar-refractivity contribution is 0.497. The molecule has 0 atom stereocenters. The zero-order valence-electron chi connectivity index (χ0n) is 10.4. The molecule has 0 saturated heterocycles. The van der Waals surface area contributed by atoms with Crippen LogP contribution in [0, 0.1) is 5.92 Å². The molecule has 0 spiro atoms. The van der Waals surface area contributed by atoms with Gasteiger partial charge in [-0.25, -0.2) is 4.79 Å². The molecular formula is C13H15ClN2O2. The number of halogens is 1. The van der Waals surface area contributed by atoms with Crippen molar-refractivity contribution in [1.82, 2.24) is 9.55 Å². The van der Waals surface area contributed by atoms with Crippen LogP contribution in [-0.2, 0) is 6.54 Å². The minimum atomic E-state index is -0.379. The lowest BCUT2D eigenvalue weighted by Gasteiger charge is -2.08. The Morgan fingerprint density at radius 1 is 1.33 bits per heavy atom. The summed E-state index contributed by atoms with van der Waals surface area (Å²) in [6.45, 7) is 4.51. The third-order valence-electron chi connectivity index (χ3n) is 2.89. The van der Waals surface area contributed by atoms with E-state index in [9.17, 15) is 9.59 Å². The Hall–Kier alpha value is -1.55. The van der Waals surface area contributed by atoms with Crippen LogP contribution in [0.3, 0.4) is 0 Å². The number of fused-ring (bicyclic) bond motifs is 1. The highest BCUT2D eigenvalue weighted by atomic mass is 35.5. The van der Waals surface area contributed by atoms with E-state index in [-0.39, 0.29) is 11.2 Å². The van der Waals surface area contributed by atoms with E-state index in [1.54, 1.807) is 18.2 Å². The first-order chi connectivity index (χ1) is 8.50. The first kappa shape index (κ1) is 12.9. The maximum atomic E-state index is 12.2. The van der Waals surface area contributed by atoms with Crippen LogP contribution >= 0.6 is 11.6 Å². The van der Waals surface area contributed by atoms with E-state index in [1.807, 2.05) is 13.8 Å². The summed E-state index contributed by atoms with van der Waals surface area (Å²) in [4.78, 5) is 26.8. The molecule has 0 radical (unpaired) electrons. The minimum Gasteiger partial charge on any atom is -0.307 e. The summed E-state index contributed by atoms with van der Waals surface area (Å²) in [6.07, 6.45) is 0.777. The summed E-state index contributed by atoms with van der Waals surface area (Å²) < 4.78 is 1.22. The molecule has 1 aromatic heterocycles. The van der Waals surface area contributed by atoms with Crippen LogP contribution in [0.2, 0.25) is 5.02 Å². The molecule has 0 aliphatic heterocycles. The van der Waals surface area contributed by atoms with E-state index in [4.69, 9.17) is 11.6 Å². The molecule has 0 bridgehead atoms. The van der Waals surface area contributed by atoms with E-state index in [0.29, 0.717) is 28.4 Å². The van der Waals surface area contributed by atoms with Crippen molar-refractivity contribution in [3.63, 3.8) is 0 Å². The van der Waals surface area contributed by atoms with Gasteiger partial charge in [0.1, 0.15) is 0 Å². The van der Waals surface area contributed by atoms with Crippen molar-refractivity contribution in [2.45, 2.75) is 26.8 Å². The molecule has 1 aromatic carbocycles. The third kappa shape index (κ3) is 2.34. The fourth-order valence-corrected chi connectivity index (χ4v) is 2.10. The summed E-state index contributed by atoms with van der Waals surface area (Å²) >= 11 is 6.01. The molecule has 0 fully saturated rings. The number of nitrogens with one attached hydrogen (secondary N) is 1. The maximum absolute atomic E-state index is 12.2. The van der Waals surface area contributed by atoms with Gasteiger partial charge in [-0.05, 0) is 24.5 Å². The van der Waals surface area contributed by atoms with Gasteiger partial charge < -0.3 is 4.98 Å². The van der Waals surface area contributed by atoms with E-state index < -0.39 is 0 Å². The number of benzene rings is 1. The van der Waals surface area contributed by atoms with Crippen LogP contribution in [0.25, 0.3) is 10.9 Å². The van der Waals surface area contributed by atoms with Gasteiger partial charge in [0, 0.05) is 6.54 Å². The topological polar surface area (TPSA) is 54.9 Å². The van der Waals surface area contributed by atoms with Gasteiger partial charge >= 0.3 is 5.69 Å². The number of H-pyrrole nitrogens is 1. The summed E-state index contributed by atoms with van der Waals surface area (Å²) in [5, 5.41) is 0.745. The number of hydrogen-bond acceptors (Lipinski definition) is 2. The second-order valence-electron chi connectivity index (χ2n) is 4.73. The molecule has 0 unspecified atom stereocenters. The van der Waals surface area contributed by atoms with Gasteiger partial charge in [-0.3, -0.25) is 9.36 Å². The normalized spacial score (nSPS) is 11.3. The summed E-state index contributed by atoms with van der Waals surface area (Å²) in [5.41, 5.74) is -0.214. The van der Waals surface area contributed by atoms with Gasteiger partial charge in [0.2, 0.25) is 0 Å². The van der Waals surface area contributed by atoms with Crippen molar-refractivity contribution in [2.24, 2.45) is 5.92 Å². The largest absolute Gasteiger partial charge is 0.328 e.